The highest BCUT2D eigenvalue weighted by atomic mass is 35.5. The molecule has 0 aliphatic rings. The molecule has 1 N–H and O–H groups in total. The van der Waals surface area contributed by atoms with Crippen LogP contribution in [0.4, 0.5) is 5.69 Å². The van der Waals surface area contributed by atoms with E-state index in [0.29, 0.717) is 22.2 Å². The van der Waals surface area contributed by atoms with Gasteiger partial charge in [-0.1, -0.05) is 95.5 Å². The SMILES string of the molecule is CCNC(=O)[C@@H](Cc1ccccc1)N(Cc1ccc(Cl)c(Cl)c1)C(=O)CN(c1ccc(C)c(Cl)c1)S(=O)(=O)c1ccccc1. The summed E-state index contributed by atoms with van der Waals surface area (Å²) in [5.41, 5.74) is 2.41. The predicted octanol–water partition coefficient (Wildman–Crippen LogP) is 6.93. The maximum Gasteiger partial charge on any atom is 0.264 e. The van der Waals surface area contributed by atoms with Gasteiger partial charge in [-0.15, -0.1) is 0 Å². The van der Waals surface area contributed by atoms with Gasteiger partial charge in [0.15, 0.2) is 0 Å². The molecular formula is C33H32Cl3N3O4S. The van der Waals surface area contributed by atoms with E-state index in [0.717, 1.165) is 15.4 Å². The molecule has 0 saturated carbocycles. The highest BCUT2D eigenvalue weighted by molar-refractivity contribution is 7.92. The van der Waals surface area contributed by atoms with E-state index in [1.165, 1.54) is 23.1 Å². The molecular weight excluding hydrogens is 641 g/mol. The third-order valence-corrected chi connectivity index (χ3v) is 9.95. The Morgan fingerprint density at radius 3 is 2.07 bits per heavy atom. The molecule has 2 amide bonds. The Morgan fingerprint density at radius 1 is 0.795 bits per heavy atom. The van der Waals surface area contributed by atoms with Crippen molar-refractivity contribution in [3.8, 4) is 0 Å². The Balaban J connectivity index is 1.82. The number of amides is 2. The molecule has 0 aromatic heterocycles. The average Bonchev–Trinajstić information content (AvgIpc) is 3.01. The number of sulfonamides is 1. The monoisotopic (exact) mass is 671 g/mol. The van der Waals surface area contributed by atoms with Gasteiger partial charge >= 0.3 is 0 Å². The molecule has 7 nitrogen and oxygen atoms in total. The molecule has 230 valence electrons. The maximum absolute atomic E-state index is 14.4. The van der Waals surface area contributed by atoms with E-state index < -0.39 is 28.5 Å². The van der Waals surface area contributed by atoms with Crippen molar-refractivity contribution < 1.29 is 18.0 Å². The zero-order valence-electron chi connectivity index (χ0n) is 24.2. The second kappa shape index (κ2) is 14.9. The van der Waals surface area contributed by atoms with Crippen molar-refractivity contribution in [3.05, 3.63) is 129 Å². The molecule has 4 rings (SSSR count). The summed E-state index contributed by atoms with van der Waals surface area (Å²) >= 11 is 18.9. The lowest BCUT2D eigenvalue weighted by atomic mass is 10.0. The van der Waals surface area contributed by atoms with Crippen molar-refractivity contribution in [2.45, 2.75) is 37.8 Å². The number of benzene rings is 4. The Kier molecular flexibility index (Phi) is 11.3. The van der Waals surface area contributed by atoms with E-state index in [2.05, 4.69) is 5.32 Å². The third kappa shape index (κ3) is 8.12. The number of aryl methyl sites for hydroxylation is 1. The Bertz CT molecular complexity index is 1720. The quantitative estimate of drug-likeness (QED) is 0.177. The van der Waals surface area contributed by atoms with Gasteiger partial charge in [-0.25, -0.2) is 8.42 Å². The van der Waals surface area contributed by atoms with Crippen LogP contribution in [-0.4, -0.2) is 44.3 Å². The molecule has 0 bridgehead atoms. The van der Waals surface area contributed by atoms with E-state index in [4.69, 9.17) is 34.8 Å². The fraction of sp³-hybridized carbons (Fsp3) is 0.212. The van der Waals surface area contributed by atoms with Crippen LogP contribution in [0.1, 0.15) is 23.6 Å². The number of nitrogens with zero attached hydrogens (tertiary/aromatic N) is 2. The molecule has 1 atom stereocenters. The second-order valence-electron chi connectivity index (χ2n) is 10.1. The van der Waals surface area contributed by atoms with Gasteiger partial charge in [-0.2, -0.15) is 0 Å². The van der Waals surface area contributed by atoms with Crippen molar-refractivity contribution in [1.29, 1.82) is 0 Å². The number of halogens is 3. The number of hydrogen-bond acceptors (Lipinski definition) is 4. The van der Waals surface area contributed by atoms with E-state index in [1.807, 2.05) is 30.3 Å². The minimum Gasteiger partial charge on any atom is -0.355 e. The lowest BCUT2D eigenvalue weighted by Crippen LogP contribution is -2.53. The highest BCUT2D eigenvalue weighted by Crippen LogP contribution is 2.29. The van der Waals surface area contributed by atoms with Crippen LogP contribution in [-0.2, 0) is 32.6 Å². The van der Waals surface area contributed by atoms with Gasteiger partial charge in [-0.3, -0.25) is 13.9 Å². The van der Waals surface area contributed by atoms with E-state index >= 15 is 0 Å². The third-order valence-electron chi connectivity index (χ3n) is 7.01. The van der Waals surface area contributed by atoms with Crippen LogP contribution in [0.3, 0.4) is 0 Å². The summed E-state index contributed by atoms with van der Waals surface area (Å²) in [6.07, 6.45) is 0.196. The van der Waals surface area contributed by atoms with Gasteiger partial charge in [0, 0.05) is 24.5 Å². The molecule has 0 aliphatic heterocycles. The van der Waals surface area contributed by atoms with Crippen LogP contribution in [0, 0.1) is 6.92 Å². The fourth-order valence-electron chi connectivity index (χ4n) is 4.67. The smallest absolute Gasteiger partial charge is 0.264 e. The molecule has 4 aromatic carbocycles. The molecule has 0 heterocycles. The van der Waals surface area contributed by atoms with Crippen molar-refractivity contribution >= 4 is 62.3 Å². The number of hydrogen-bond donors (Lipinski definition) is 1. The van der Waals surface area contributed by atoms with Crippen molar-refractivity contribution in [2.24, 2.45) is 0 Å². The van der Waals surface area contributed by atoms with Gasteiger partial charge in [0.25, 0.3) is 10.0 Å². The van der Waals surface area contributed by atoms with E-state index in [1.54, 1.807) is 62.4 Å². The molecule has 11 heteroatoms. The summed E-state index contributed by atoms with van der Waals surface area (Å²) in [5, 5.41) is 3.81. The van der Waals surface area contributed by atoms with Crippen molar-refractivity contribution in [1.82, 2.24) is 10.2 Å². The molecule has 0 unspecified atom stereocenters. The standard InChI is InChI=1S/C33H32Cl3N3O4S/c1-3-37-33(41)31(19-24-10-6-4-7-11-24)38(21-25-15-17-28(34)30(36)18-25)32(40)22-39(26-16-14-23(2)29(35)20-26)44(42,43)27-12-8-5-9-13-27/h4-18,20,31H,3,19,21-22H2,1-2H3,(H,37,41)/t31-/m1/s1. The number of likely N-dealkylation sites (N-methyl/N-ethyl adjacent to an activating group) is 1. The van der Waals surface area contributed by atoms with Crippen LogP contribution in [0.2, 0.25) is 15.1 Å². The molecule has 0 aliphatic carbocycles. The lowest BCUT2D eigenvalue weighted by Gasteiger charge is -2.34. The van der Waals surface area contributed by atoms with Gasteiger partial charge in [-0.05, 0) is 66.9 Å². The highest BCUT2D eigenvalue weighted by Gasteiger charge is 2.34. The summed E-state index contributed by atoms with van der Waals surface area (Å²) in [5.74, 6) is -0.972. The first kappa shape index (κ1) is 33.3. The topological polar surface area (TPSA) is 86.8 Å². The Labute approximate surface area is 273 Å². The zero-order chi connectivity index (χ0) is 31.9. The van der Waals surface area contributed by atoms with Gasteiger partial charge in [0.05, 0.1) is 20.6 Å². The number of nitrogens with one attached hydrogen (secondary N) is 1. The zero-order valence-corrected chi connectivity index (χ0v) is 27.3. The Hall–Kier alpha value is -3.56. The maximum atomic E-state index is 14.4. The van der Waals surface area contributed by atoms with Crippen LogP contribution in [0.25, 0.3) is 0 Å². The first-order valence-electron chi connectivity index (χ1n) is 13.9. The number of carbonyl (C=O) groups excluding carboxylic acids is 2. The first-order chi connectivity index (χ1) is 21.0. The molecule has 0 spiro atoms. The normalized spacial score (nSPS) is 11.9. The number of rotatable bonds is 12. The largest absolute Gasteiger partial charge is 0.355 e. The molecule has 44 heavy (non-hydrogen) atoms. The number of anilines is 1. The molecule has 0 fully saturated rings. The van der Waals surface area contributed by atoms with Crippen LogP contribution in [0.15, 0.2) is 102 Å². The summed E-state index contributed by atoms with van der Waals surface area (Å²) < 4.78 is 29.1. The minimum atomic E-state index is -4.22. The fourth-order valence-corrected chi connectivity index (χ4v) is 6.59. The molecule has 0 saturated heterocycles. The summed E-state index contributed by atoms with van der Waals surface area (Å²) in [6.45, 7) is 3.31. The van der Waals surface area contributed by atoms with Crippen LogP contribution in [0.5, 0.6) is 0 Å². The molecule has 4 aromatic rings. The van der Waals surface area contributed by atoms with Crippen molar-refractivity contribution in [3.63, 3.8) is 0 Å². The lowest BCUT2D eigenvalue weighted by molar-refractivity contribution is -0.140. The summed E-state index contributed by atoms with van der Waals surface area (Å²) in [7, 11) is -4.22. The number of carbonyl (C=O) groups is 2. The van der Waals surface area contributed by atoms with E-state index in [9.17, 15) is 18.0 Å². The second-order valence-corrected chi connectivity index (χ2v) is 13.2. The molecule has 0 radical (unpaired) electrons. The van der Waals surface area contributed by atoms with Crippen LogP contribution >= 0.6 is 34.8 Å². The summed E-state index contributed by atoms with van der Waals surface area (Å²) in [4.78, 5) is 29.4. The predicted molar refractivity (Wildman–Crippen MR) is 177 cm³/mol. The van der Waals surface area contributed by atoms with Gasteiger partial charge < -0.3 is 10.2 Å². The van der Waals surface area contributed by atoms with Gasteiger partial charge in [0.1, 0.15) is 12.6 Å². The van der Waals surface area contributed by atoms with E-state index in [-0.39, 0.29) is 34.5 Å². The minimum absolute atomic E-state index is 0.00471. The Morgan fingerprint density at radius 2 is 1.45 bits per heavy atom. The average molecular weight is 673 g/mol. The van der Waals surface area contributed by atoms with Crippen LogP contribution < -0.4 is 9.62 Å². The van der Waals surface area contributed by atoms with Crippen molar-refractivity contribution in [2.75, 3.05) is 17.4 Å². The van der Waals surface area contributed by atoms with Gasteiger partial charge in [0.2, 0.25) is 11.8 Å². The summed E-state index contributed by atoms with van der Waals surface area (Å²) in [6, 6.07) is 25.9. The first-order valence-corrected chi connectivity index (χ1v) is 16.5.